The van der Waals surface area contributed by atoms with Gasteiger partial charge in [0.05, 0.1) is 36.1 Å². The quantitative estimate of drug-likeness (QED) is 0.562. The van der Waals surface area contributed by atoms with E-state index in [0.717, 1.165) is 25.0 Å². The van der Waals surface area contributed by atoms with Gasteiger partial charge in [0, 0.05) is 18.8 Å². The number of methoxy groups -OCH3 is 1. The molecule has 9 heteroatoms. The van der Waals surface area contributed by atoms with Gasteiger partial charge in [0.2, 0.25) is 0 Å². The first kappa shape index (κ1) is 17.2. The summed E-state index contributed by atoms with van der Waals surface area (Å²) in [6, 6.07) is 3.07. The molecule has 2 amide bonds. The number of amides is 2. The number of hydrogen-bond donors (Lipinski definition) is 4. The number of nitrogens with zero attached hydrogens (tertiary/aromatic N) is 2. The molecule has 4 rings (SSSR count). The molecule has 3 aromatic rings. The van der Waals surface area contributed by atoms with Crippen LogP contribution in [0, 0.1) is 0 Å². The van der Waals surface area contributed by atoms with Crippen molar-refractivity contribution < 1.29 is 9.53 Å². The van der Waals surface area contributed by atoms with E-state index >= 15 is 0 Å². The number of benzene rings is 1. The first-order chi connectivity index (χ1) is 13.0. The van der Waals surface area contributed by atoms with Crippen molar-refractivity contribution in [2.75, 3.05) is 19.5 Å². The van der Waals surface area contributed by atoms with Crippen molar-refractivity contribution in [2.24, 2.45) is 0 Å². The Morgan fingerprint density at radius 2 is 2.00 bits per heavy atom. The highest BCUT2D eigenvalue weighted by atomic mass is 16.5. The predicted molar refractivity (Wildman–Crippen MR) is 101 cm³/mol. The number of nitrogens with one attached hydrogen (secondary N) is 4. The molecule has 0 spiro atoms. The molecular formula is C18H22N6O3. The van der Waals surface area contributed by atoms with Crippen molar-refractivity contribution in [1.82, 2.24) is 25.1 Å². The summed E-state index contributed by atoms with van der Waals surface area (Å²) in [5.74, 6) is 0.469. The van der Waals surface area contributed by atoms with Gasteiger partial charge in [-0.25, -0.2) is 9.59 Å². The number of rotatable bonds is 4. The fourth-order valence-corrected chi connectivity index (χ4v) is 3.52. The number of urea groups is 1. The summed E-state index contributed by atoms with van der Waals surface area (Å²) >= 11 is 0. The number of fused-ring (bicyclic) bond motifs is 2. The monoisotopic (exact) mass is 370 g/mol. The molecule has 1 aliphatic carbocycles. The van der Waals surface area contributed by atoms with Gasteiger partial charge in [-0.1, -0.05) is 0 Å². The van der Waals surface area contributed by atoms with E-state index in [4.69, 9.17) is 4.74 Å². The number of carbonyl (C=O) groups is 1. The Bertz CT molecular complexity index is 1050. The van der Waals surface area contributed by atoms with Gasteiger partial charge in [0.1, 0.15) is 5.75 Å². The van der Waals surface area contributed by atoms with Gasteiger partial charge in [0.15, 0.2) is 0 Å². The fraction of sp³-hybridized carbons (Fsp3) is 0.389. The Kier molecular flexibility index (Phi) is 4.35. The van der Waals surface area contributed by atoms with Crippen LogP contribution in [0.2, 0.25) is 0 Å². The maximum absolute atomic E-state index is 12.7. The van der Waals surface area contributed by atoms with Crippen LogP contribution in [-0.4, -0.2) is 45.3 Å². The van der Waals surface area contributed by atoms with E-state index in [2.05, 4.69) is 25.5 Å². The Hall–Kier alpha value is -3.23. The van der Waals surface area contributed by atoms with E-state index in [-0.39, 0.29) is 11.7 Å². The minimum Gasteiger partial charge on any atom is -0.494 e. The van der Waals surface area contributed by atoms with E-state index in [0.29, 0.717) is 29.0 Å². The zero-order valence-electron chi connectivity index (χ0n) is 15.3. The predicted octanol–water partition coefficient (Wildman–Crippen LogP) is 2.13. The second kappa shape index (κ2) is 6.82. The standard InChI is InChI=1S/C18H22N6O3/c1-24(9-15-10-5-3-4-6-11(10)22-23-15)18(26)21-14-7-12-13(8-16(14)27-2)20-17(25)19-12/h7-8H,3-6,9H2,1-2H3,(H,21,26)(H,22,23)(H2,19,20,25). The Labute approximate surface area is 155 Å². The molecule has 0 bridgehead atoms. The van der Waals surface area contributed by atoms with Crippen molar-refractivity contribution in [1.29, 1.82) is 0 Å². The highest BCUT2D eigenvalue weighted by Gasteiger charge is 2.20. The lowest BCUT2D eigenvalue weighted by atomic mass is 9.96. The number of H-pyrrole nitrogens is 3. The molecule has 4 N–H and O–H groups in total. The van der Waals surface area contributed by atoms with Crippen LogP contribution in [0.4, 0.5) is 10.5 Å². The molecule has 0 atom stereocenters. The molecule has 0 aliphatic heterocycles. The van der Waals surface area contributed by atoms with Crippen molar-refractivity contribution in [3.8, 4) is 5.75 Å². The van der Waals surface area contributed by atoms with Crippen LogP contribution in [0.15, 0.2) is 16.9 Å². The molecule has 1 aromatic carbocycles. The lowest BCUT2D eigenvalue weighted by Gasteiger charge is -2.19. The smallest absolute Gasteiger partial charge is 0.323 e. The van der Waals surface area contributed by atoms with E-state index in [1.807, 2.05) is 0 Å². The molecular weight excluding hydrogens is 348 g/mol. The number of imidazole rings is 1. The molecule has 0 unspecified atom stereocenters. The lowest BCUT2D eigenvalue weighted by molar-refractivity contribution is 0.220. The molecule has 0 radical (unpaired) electrons. The minimum atomic E-state index is -0.309. The van der Waals surface area contributed by atoms with E-state index in [1.54, 1.807) is 24.1 Å². The van der Waals surface area contributed by atoms with Gasteiger partial charge in [-0.05, 0) is 37.3 Å². The molecule has 1 aliphatic rings. The Morgan fingerprint density at radius 1 is 1.26 bits per heavy atom. The summed E-state index contributed by atoms with van der Waals surface area (Å²) in [5, 5.41) is 10.3. The van der Waals surface area contributed by atoms with Crippen molar-refractivity contribution in [2.45, 2.75) is 32.2 Å². The normalized spacial score (nSPS) is 13.4. The summed E-state index contributed by atoms with van der Waals surface area (Å²) in [6.07, 6.45) is 4.35. The third kappa shape index (κ3) is 3.27. The van der Waals surface area contributed by atoms with Crippen LogP contribution < -0.4 is 15.7 Å². The number of aromatic amines is 3. The zero-order chi connectivity index (χ0) is 19.0. The van der Waals surface area contributed by atoms with Crippen molar-refractivity contribution >= 4 is 22.8 Å². The molecule has 27 heavy (non-hydrogen) atoms. The number of ether oxygens (including phenoxy) is 1. The van der Waals surface area contributed by atoms with Gasteiger partial charge in [-0.3, -0.25) is 5.10 Å². The first-order valence-electron chi connectivity index (χ1n) is 8.92. The van der Waals surface area contributed by atoms with Crippen LogP contribution >= 0.6 is 0 Å². The summed E-state index contributed by atoms with van der Waals surface area (Å²) in [5.41, 5.74) is 4.74. The first-order valence-corrected chi connectivity index (χ1v) is 8.92. The van der Waals surface area contributed by atoms with Gasteiger partial charge in [0.25, 0.3) is 0 Å². The number of aromatic nitrogens is 4. The third-order valence-corrected chi connectivity index (χ3v) is 4.95. The van der Waals surface area contributed by atoms with E-state index < -0.39 is 0 Å². The minimum absolute atomic E-state index is 0.280. The molecule has 142 valence electrons. The fourth-order valence-electron chi connectivity index (χ4n) is 3.52. The number of carbonyl (C=O) groups excluding carboxylic acids is 1. The molecule has 0 saturated heterocycles. The average molecular weight is 370 g/mol. The number of aryl methyl sites for hydroxylation is 1. The lowest BCUT2D eigenvalue weighted by Crippen LogP contribution is -2.31. The maximum Gasteiger partial charge on any atom is 0.323 e. The maximum atomic E-state index is 12.7. The zero-order valence-corrected chi connectivity index (χ0v) is 15.3. The highest BCUT2D eigenvalue weighted by molar-refractivity contribution is 5.94. The third-order valence-electron chi connectivity index (χ3n) is 4.95. The topological polar surface area (TPSA) is 119 Å². The van der Waals surface area contributed by atoms with Crippen molar-refractivity contribution in [3.05, 3.63) is 39.6 Å². The molecule has 2 heterocycles. The summed E-state index contributed by atoms with van der Waals surface area (Å²) in [6.45, 7) is 0.420. The summed E-state index contributed by atoms with van der Waals surface area (Å²) in [4.78, 5) is 31.1. The van der Waals surface area contributed by atoms with E-state index in [1.165, 1.54) is 24.8 Å². The van der Waals surface area contributed by atoms with Gasteiger partial charge in [-0.2, -0.15) is 5.10 Å². The average Bonchev–Trinajstić information content (AvgIpc) is 3.23. The highest BCUT2D eigenvalue weighted by Crippen LogP contribution is 2.29. The number of anilines is 1. The van der Waals surface area contributed by atoms with Gasteiger partial charge in [-0.15, -0.1) is 0 Å². The Balaban J connectivity index is 1.52. The molecule has 9 nitrogen and oxygen atoms in total. The number of hydrogen-bond acceptors (Lipinski definition) is 4. The van der Waals surface area contributed by atoms with Crippen LogP contribution in [0.3, 0.4) is 0 Å². The van der Waals surface area contributed by atoms with Gasteiger partial charge >= 0.3 is 11.7 Å². The van der Waals surface area contributed by atoms with Crippen LogP contribution in [-0.2, 0) is 19.4 Å². The summed E-state index contributed by atoms with van der Waals surface area (Å²) in [7, 11) is 3.24. The Morgan fingerprint density at radius 3 is 2.78 bits per heavy atom. The van der Waals surface area contributed by atoms with Crippen LogP contribution in [0.1, 0.15) is 29.8 Å². The van der Waals surface area contributed by atoms with Gasteiger partial charge < -0.3 is 24.9 Å². The van der Waals surface area contributed by atoms with Crippen molar-refractivity contribution in [3.63, 3.8) is 0 Å². The van der Waals surface area contributed by atoms with Crippen LogP contribution in [0.5, 0.6) is 5.75 Å². The molecule has 0 fully saturated rings. The largest absolute Gasteiger partial charge is 0.494 e. The SMILES string of the molecule is COc1cc2[nH]c(=O)[nH]c2cc1NC(=O)N(C)Cc1n[nH]c2c1CCCC2. The van der Waals surface area contributed by atoms with Crippen LogP contribution in [0.25, 0.3) is 11.0 Å². The molecule has 2 aromatic heterocycles. The second-order valence-electron chi connectivity index (χ2n) is 6.80. The second-order valence-corrected chi connectivity index (χ2v) is 6.80. The van der Waals surface area contributed by atoms with E-state index in [9.17, 15) is 9.59 Å². The molecule has 0 saturated carbocycles. The summed E-state index contributed by atoms with van der Waals surface area (Å²) < 4.78 is 5.34.